The molecule has 3 aliphatic heterocycles. The standard InChI is InChI=1S/C17H16FN7O/c1-10-4-14(19-6-13(10)18)17(26)25-11-5-12(25)8-23(7-11)16-3-2-15-21-20-9-24(15)22-16/h2-4,6,9,11-12H,5,7-8H2,1H3. The molecule has 0 N–H and O–H groups in total. The smallest absolute Gasteiger partial charge is 0.273 e. The Morgan fingerprint density at radius 1 is 1.27 bits per heavy atom. The summed E-state index contributed by atoms with van der Waals surface area (Å²) in [6.07, 6.45) is 3.65. The lowest BCUT2D eigenvalue weighted by Gasteiger charge is -2.56. The molecule has 3 aromatic rings. The van der Waals surface area contributed by atoms with Crippen LogP contribution in [0, 0.1) is 12.7 Å². The molecule has 3 aromatic heterocycles. The minimum Gasteiger partial charge on any atom is -0.351 e. The fraction of sp³-hybridized carbons (Fsp3) is 0.353. The number of fused-ring (bicyclic) bond motifs is 3. The molecule has 2 atom stereocenters. The van der Waals surface area contributed by atoms with Crippen LogP contribution in [0.4, 0.5) is 10.2 Å². The molecule has 6 heterocycles. The van der Waals surface area contributed by atoms with Gasteiger partial charge in [0, 0.05) is 13.1 Å². The number of nitrogens with zero attached hydrogens (tertiary/aromatic N) is 7. The normalized spacial score (nSPS) is 21.8. The highest BCUT2D eigenvalue weighted by molar-refractivity contribution is 5.93. The predicted octanol–water partition coefficient (Wildman–Crippen LogP) is 1.07. The highest BCUT2D eigenvalue weighted by Crippen LogP contribution is 2.35. The van der Waals surface area contributed by atoms with Gasteiger partial charge in [0.2, 0.25) is 0 Å². The van der Waals surface area contributed by atoms with Gasteiger partial charge in [0.05, 0.1) is 18.3 Å². The van der Waals surface area contributed by atoms with E-state index < -0.39 is 5.82 Å². The largest absolute Gasteiger partial charge is 0.351 e. The Morgan fingerprint density at radius 3 is 2.85 bits per heavy atom. The summed E-state index contributed by atoms with van der Waals surface area (Å²) in [4.78, 5) is 20.8. The molecule has 26 heavy (non-hydrogen) atoms. The van der Waals surface area contributed by atoms with E-state index in [1.807, 2.05) is 17.0 Å². The van der Waals surface area contributed by atoms with Gasteiger partial charge < -0.3 is 9.80 Å². The van der Waals surface area contributed by atoms with Gasteiger partial charge in [-0.2, -0.15) is 4.52 Å². The molecule has 0 spiro atoms. The Kier molecular flexibility index (Phi) is 3.18. The quantitative estimate of drug-likeness (QED) is 0.686. The van der Waals surface area contributed by atoms with Crippen LogP contribution in [-0.4, -0.2) is 60.8 Å². The van der Waals surface area contributed by atoms with E-state index in [1.165, 1.54) is 6.07 Å². The number of anilines is 1. The Balaban J connectivity index is 1.35. The first-order valence-corrected chi connectivity index (χ1v) is 8.47. The zero-order chi connectivity index (χ0) is 17.8. The number of halogens is 1. The van der Waals surface area contributed by atoms with Gasteiger partial charge >= 0.3 is 0 Å². The Labute approximate surface area is 148 Å². The van der Waals surface area contributed by atoms with Crippen LogP contribution in [0.5, 0.6) is 0 Å². The number of carbonyl (C=O) groups is 1. The van der Waals surface area contributed by atoms with E-state index in [2.05, 4.69) is 25.2 Å². The Bertz CT molecular complexity index is 1010. The van der Waals surface area contributed by atoms with Crippen molar-refractivity contribution in [3.63, 3.8) is 0 Å². The second-order valence-corrected chi connectivity index (χ2v) is 6.80. The van der Waals surface area contributed by atoms with Gasteiger partial charge in [-0.25, -0.2) is 9.37 Å². The molecule has 1 amide bonds. The predicted molar refractivity (Wildman–Crippen MR) is 90.3 cm³/mol. The zero-order valence-corrected chi connectivity index (χ0v) is 14.1. The van der Waals surface area contributed by atoms with Crippen LogP contribution in [0.25, 0.3) is 5.65 Å². The van der Waals surface area contributed by atoms with E-state index in [-0.39, 0.29) is 18.0 Å². The monoisotopic (exact) mass is 353 g/mol. The van der Waals surface area contributed by atoms with Crippen molar-refractivity contribution in [1.82, 2.24) is 29.7 Å². The summed E-state index contributed by atoms with van der Waals surface area (Å²) >= 11 is 0. The van der Waals surface area contributed by atoms with E-state index >= 15 is 0 Å². The average Bonchev–Trinajstić information content (AvgIpc) is 3.11. The maximum Gasteiger partial charge on any atom is 0.273 e. The van der Waals surface area contributed by atoms with Crippen LogP contribution in [0.15, 0.2) is 30.7 Å². The molecule has 0 saturated carbocycles. The first-order chi connectivity index (χ1) is 12.6. The molecule has 8 nitrogen and oxygen atoms in total. The number of amides is 1. The highest BCUT2D eigenvalue weighted by Gasteiger charge is 2.48. The van der Waals surface area contributed by atoms with Gasteiger partial charge in [0.1, 0.15) is 23.7 Å². The van der Waals surface area contributed by atoms with Crippen molar-refractivity contribution in [1.29, 1.82) is 0 Å². The minimum absolute atomic E-state index is 0.117. The third kappa shape index (κ3) is 2.23. The van der Waals surface area contributed by atoms with E-state index in [1.54, 1.807) is 17.8 Å². The summed E-state index contributed by atoms with van der Waals surface area (Å²) in [6, 6.07) is 5.55. The van der Waals surface area contributed by atoms with Gasteiger partial charge in [-0.15, -0.1) is 15.3 Å². The maximum atomic E-state index is 13.4. The van der Waals surface area contributed by atoms with Gasteiger partial charge in [0.25, 0.3) is 5.91 Å². The van der Waals surface area contributed by atoms with Crippen LogP contribution in [0.1, 0.15) is 22.5 Å². The molecule has 3 fully saturated rings. The average molecular weight is 353 g/mol. The van der Waals surface area contributed by atoms with E-state index in [0.717, 1.165) is 18.4 Å². The Morgan fingerprint density at radius 2 is 2.08 bits per heavy atom. The molecule has 9 heteroatoms. The van der Waals surface area contributed by atoms with Crippen LogP contribution in [0.2, 0.25) is 0 Å². The molecule has 0 aliphatic carbocycles. The topological polar surface area (TPSA) is 79.5 Å². The summed E-state index contributed by atoms with van der Waals surface area (Å²) in [7, 11) is 0. The molecule has 6 rings (SSSR count). The van der Waals surface area contributed by atoms with E-state index in [4.69, 9.17) is 0 Å². The number of hydrogen-bond donors (Lipinski definition) is 0. The number of aryl methyl sites for hydroxylation is 1. The second kappa shape index (κ2) is 5.45. The number of aromatic nitrogens is 5. The first-order valence-electron chi connectivity index (χ1n) is 8.47. The number of rotatable bonds is 2. The summed E-state index contributed by atoms with van der Waals surface area (Å²) in [6.45, 7) is 3.06. The van der Waals surface area contributed by atoms with Crippen molar-refractivity contribution in [2.24, 2.45) is 0 Å². The third-order valence-corrected chi connectivity index (χ3v) is 5.17. The van der Waals surface area contributed by atoms with Crippen molar-refractivity contribution in [3.05, 3.63) is 47.8 Å². The number of piperazine rings is 1. The highest BCUT2D eigenvalue weighted by atomic mass is 19.1. The molecule has 3 aliphatic rings. The van der Waals surface area contributed by atoms with Crippen molar-refractivity contribution in [3.8, 4) is 0 Å². The summed E-state index contributed by atoms with van der Waals surface area (Å²) in [5.41, 5.74) is 1.43. The van der Waals surface area contributed by atoms with E-state index in [9.17, 15) is 9.18 Å². The van der Waals surface area contributed by atoms with Crippen molar-refractivity contribution < 1.29 is 9.18 Å². The lowest BCUT2D eigenvalue weighted by molar-refractivity contribution is 0.00519. The van der Waals surface area contributed by atoms with Crippen LogP contribution in [0.3, 0.4) is 0 Å². The van der Waals surface area contributed by atoms with E-state index in [0.29, 0.717) is 30.0 Å². The minimum atomic E-state index is -0.396. The molecule has 0 radical (unpaired) electrons. The summed E-state index contributed by atoms with van der Waals surface area (Å²) < 4.78 is 15.0. The molecule has 3 saturated heterocycles. The van der Waals surface area contributed by atoms with Gasteiger partial charge in [-0.05, 0) is 37.1 Å². The van der Waals surface area contributed by atoms with Crippen LogP contribution < -0.4 is 4.90 Å². The molecular weight excluding hydrogens is 337 g/mol. The van der Waals surface area contributed by atoms with Crippen molar-refractivity contribution >= 4 is 17.4 Å². The first kappa shape index (κ1) is 15.2. The van der Waals surface area contributed by atoms with Gasteiger partial charge in [-0.1, -0.05) is 0 Å². The van der Waals surface area contributed by atoms with Crippen molar-refractivity contribution in [2.45, 2.75) is 25.4 Å². The molecular formula is C17H16FN7O. The SMILES string of the molecule is Cc1cc(C(=O)N2C3CC2CN(c2ccc4nncn4n2)C3)ncc1F. The summed E-state index contributed by atoms with van der Waals surface area (Å²) in [5, 5.41) is 12.3. The van der Waals surface area contributed by atoms with Gasteiger partial charge in [-0.3, -0.25) is 4.79 Å². The molecule has 2 unspecified atom stereocenters. The maximum absolute atomic E-state index is 13.4. The van der Waals surface area contributed by atoms with Crippen LogP contribution >= 0.6 is 0 Å². The number of hydrogen-bond acceptors (Lipinski definition) is 6. The Hall–Kier alpha value is -3.10. The van der Waals surface area contributed by atoms with Gasteiger partial charge in [0.15, 0.2) is 5.65 Å². The van der Waals surface area contributed by atoms with Crippen LogP contribution in [-0.2, 0) is 0 Å². The molecule has 0 aromatic carbocycles. The fourth-order valence-electron chi connectivity index (χ4n) is 3.80. The summed E-state index contributed by atoms with van der Waals surface area (Å²) in [5.74, 6) is 0.318. The number of piperidine rings is 1. The zero-order valence-electron chi connectivity index (χ0n) is 14.1. The lowest BCUT2D eigenvalue weighted by Crippen LogP contribution is -2.70. The number of pyridine rings is 1. The van der Waals surface area contributed by atoms with Crippen molar-refractivity contribution in [2.75, 3.05) is 18.0 Å². The fourth-order valence-corrected chi connectivity index (χ4v) is 3.80. The molecule has 2 bridgehead atoms. The lowest BCUT2D eigenvalue weighted by atomic mass is 9.87. The third-order valence-electron chi connectivity index (χ3n) is 5.17. The number of carbonyl (C=O) groups excluding carboxylic acids is 1. The molecule has 132 valence electrons. The second-order valence-electron chi connectivity index (χ2n) is 6.80.